The summed E-state index contributed by atoms with van der Waals surface area (Å²) < 4.78 is 12.0. The number of carbonyl (C=O) groups is 1. The highest BCUT2D eigenvalue weighted by atomic mass is 16.7. The lowest BCUT2D eigenvalue weighted by Crippen LogP contribution is -2.62. The molecule has 7 heteroatoms. The van der Waals surface area contributed by atoms with E-state index >= 15 is 0 Å². The van der Waals surface area contributed by atoms with Crippen LogP contribution < -0.4 is 9.47 Å². The molecule has 4 N–H and O–H groups in total. The highest BCUT2D eigenvalue weighted by molar-refractivity contribution is 6.08. The van der Waals surface area contributed by atoms with Crippen molar-refractivity contribution in [2.75, 3.05) is 0 Å². The molecule has 2 aromatic rings. The van der Waals surface area contributed by atoms with Crippen molar-refractivity contribution in [3.05, 3.63) is 76.4 Å². The van der Waals surface area contributed by atoms with Crippen LogP contribution in [0.2, 0.25) is 0 Å². The van der Waals surface area contributed by atoms with Gasteiger partial charge >= 0.3 is 5.79 Å². The minimum Gasteiger partial charge on any atom is -0.508 e. The van der Waals surface area contributed by atoms with Gasteiger partial charge in [-0.15, -0.1) is 0 Å². The summed E-state index contributed by atoms with van der Waals surface area (Å²) in [6.45, 7) is 8.30. The molecule has 0 saturated carbocycles. The van der Waals surface area contributed by atoms with Gasteiger partial charge in [-0.25, -0.2) is 0 Å². The van der Waals surface area contributed by atoms with Crippen molar-refractivity contribution in [1.29, 1.82) is 0 Å². The van der Waals surface area contributed by atoms with Crippen molar-refractivity contribution in [2.24, 2.45) is 0 Å². The van der Waals surface area contributed by atoms with Crippen LogP contribution in [0.15, 0.2) is 65.3 Å². The maximum atomic E-state index is 13.5. The van der Waals surface area contributed by atoms with Gasteiger partial charge in [0.25, 0.3) is 0 Å². The van der Waals surface area contributed by atoms with Crippen molar-refractivity contribution in [1.82, 2.24) is 0 Å². The van der Waals surface area contributed by atoms with Gasteiger partial charge in [0.2, 0.25) is 11.4 Å². The van der Waals surface area contributed by atoms with E-state index in [1.807, 2.05) is 13.0 Å². The van der Waals surface area contributed by atoms with E-state index in [0.29, 0.717) is 5.56 Å². The Labute approximate surface area is 217 Å². The minimum absolute atomic E-state index is 0.0577. The molecule has 0 radical (unpaired) electrons. The minimum atomic E-state index is -2.48. The first-order valence-electron chi connectivity index (χ1n) is 12.5. The number of Topliss-reactive ketones (excluding diaryl/α,β-unsaturated/α-hetero) is 1. The summed E-state index contributed by atoms with van der Waals surface area (Å²) in [4.78, 5) is 13.5. The third-order valence-corrected chi connectivity index (χ3v) is 6.95. The Morgan fingerprint density at radius 1 is 0.838 bits per heavy atom. The normalized spacial score (nSPS) is 22.5. The summed E-state index contributed by atoms with van der Waals surface area (Å²) in [5.41, 5.74) is 2.11. The number of ether oxygens (including phenoxy) is 2. The molecule has 0 aromatic heterocycles. The average molecular weight is 507 g/mol. The van der Waals surface area contributed by atoms with Gasteiger partial charge in [0.1, 0.15) is 34.3 Å². The fourth-order valence-corrected chi connectivity index (χ4v) is 4.91. The topological polar surface area (TPSA) is 116 Å². The summed E-state index contributed by atoms with van der Waals surface area (Å²) in [5, 5.41) is 42.0. The maximum absolute atomic E-state index is 13.5. The van der Waals surface area contributed by atoms with E-state index in [-0.39, 0.29) is 35.0 Å². The molecule has 2 aliphatic heterocycles. The average Bonchev–Trinajstić information content (AvgIpc) is 3.05. The quantitative estimate of drug-likeness (QED) is 0.317. The Morgan fingerprint density at radius 3 is 2.19 bits per heavy atom. The van der Waals surface area contributed by atoms with Crippen LogP contribution in [0.25, 0.3) is 0 Å². The molecule has 2 aliphatic rings. The van der Waals surface area contributed by atoms with Crippen LogP contribution in [-0.2, 0) is 5.60 Å². The van der Waals surface area contributed by atoms with Gasteiger partial charge in [-0.1, -0.05) is 34.9 Å². The number of ketones is 1. The lowest BCUT2D eigenvalue weighted by molar-refractivity contribution is -0.201. The Bertz CT molecular complexity index is 1320. The van der Waals surface area contributed by atoms with Crippen LogP contribution in [0.1, 0.15) is 75.7 Å². The lowest BCUT2D eigenvalue weighted by atomic mass is 9.77. The fraction of sp³-hybridized carbons (Fsp3) is 0.367. The molecule has 196 valence electrons. The Kier molecular flexibility index (Phi) is 7.11. The summed E-state index contributed by atoms with van der Waals surface area (Å²) in [6, 6.07) is 6.52. The molecule has 2 aromatic carbocycles. The number of allylic oxidation sites excluding steroid dienone is 5. The number of rotatable bonds is 8. The van der Waals surface area contributed by atoms with Crippen molar-refractivity contribution in [2.45, 2.75) is 71.2 Å². The van der Waals surface area contributed by atoms with Gasteiger partial charge in [0.15, 0.2) is 0 Å². The van der Waals surface area contributed by atoms with Crippen molar-refractivity contribution in [3.8, 4) is 28.7 Å². The number of hydrogen-bond acceptors (Lipinski definition) is 7. The Hall–Kier alpha value is -3.71. The first-order valence-corrected chi connectivity index (χ1v) is 12.5. The van der Waals surface area contributed by atoms with Crippen LogP contribution >= 0.6 is 0 Å². The molecule has 0 aliphatic carbocycles. The zero-order chi connectivity index (χ0) is 27.0. The van der Waals surface area contributed by atoms with E-state index in [4.69, 9.17) is 9.47 Å². The molecule has 0 unspecified atom stereocenters. The number of carbonyl (C=O) groups excluding carboxylic acids is 1. The Balaban J connectivity index is 1.63. The van der Waals surface area contributed by atoms with E-state index in [0.717, 1.165) is 37.3 Å². The third kappa shape index (κ3) is 4.83. The molecular formula is C30H34O7. The van der Waals surface area contributed by atoms with Crippen LogP contribution in [0.5, 0.6) is 28.7 Å². The Morgan fingerprint density at radius 2 is 1.49 bits per heavy atom. The molecule has 0 amide bonds. The van der Waals surface area contributed by atoms with E-state index in [2.05, 4.69) is 32.9 Å². The summed E-state index contributed by atoms with van der Waals surface area (Å²) in [5.74, 6) is -4.23. The van der Waals surface area contributed by atoms with E-state index < -0.39 is 22.9 Å². The highest BCUT2D eigenvalue weighted by Gasteiger charge is 2.69. The second-order valence-corrected chi connectivity index (χ2v) is 10.2. The zero-order valence-corrected chi connectivity index (χ0v) is 21.7. The van der Waals surface area contributed by atoms with Crippen LogP contribution in [0.3, 0.4) is 0 Å². The monoisotopic (exact) mass is 506 g/mol. The van der Waals surface area contributed by atoms with Crippen molar-refractivity contribution in [3.63, 3.8) is 0 Å². The smallest absolute Gasteiger partial charge is 0.318 e. The third-order valence-electron chi connectivity index (χ3n) is 6.95. The van der Waals surface area contributed by atoms with E-state index in [1.54, 1.807) is 6.07 Å². The second-order valence-electron chi connectivity index (χ2n) is 10.2. The zero-order valence-electron chi connectivity index (χ0n) is 21.7. The molecule has 37 heavy (non-hydrogen) atoms. The van der Waals surface area contributed by atoms with Gasteiger partial charge < -0.3 is 29.9 Å². The molecule has 7 nitrogen and oxygen atoms in total. The largest absolute Gasteiger partial charge is 0.508 e. The molecule has 2 heterocycles. The number of hydrogen-bond donors (Lipinski definition) is 4. The predicted molar refractivity (Wildman–Crippen MR) is 140 cm³/mol. The standard InChI is InChI=1S/C30H34O7/c1-18(2)7-5-8-19(3)9-6-10-20(4)13-14-29-23-12-11-21(31)16-25(23)37-30(29,35)28(34)27-24(33)15-22(32)17-26(27)36-29/h7,9,11-13,15-17,31-33,35H,5-6,8,10,14H2,1-4H3/t29-,30-/m0/s1. The number of phenolic OH excluding ortho intramolecular Hbond substituents is 3. The van der Waals surface area contributed by atoms with Gasteiger partial charge in [-0.2, -0.15) is 0 Å². The van der Waals surface area contributed by atoms with Crippen LogP contribution in [0, 0.1) is 0 Å². The number of phenols is 3. The lowest BCUT2D eigenvalue weighted by Gasteiger charge is -2.43. The van der Waals surface area contributed by atoms with Crippen molar-refractivity contribution >= 4 is 5.78 Å². The molecule has 0 spiro atoms. The van der Waals surface area contributed by atoms with Gasteiger partial charge in [-0.05, 0) is 65.5 Å². The molecule has 4 rings (SSSR count). The van der Waals surface area contributed by atoms with Gasteiger partial charge in [0, 0.05) is 30.2 Å². The summed E-state index contributed by atoms with van der Waals surface area (Å²) in [7, 11) is 0. The first-order chi connectivity index (χ1) is 17.5. The number of fused-ring (bicyclic) bond motifs is 4. The van der Waals surface area contributed by atoms with Crippen LogP contribution in [0.4, 0.5) is 0 Å². The highest BCUT2D eigenvalue weighted by Crippen LogP contribution is 2.58. The van der Waals surface area contributed by atoms with E-state index in [9.17, 15) is 25.2 Å². The first kappa shape index (κ1) is 26.4. The molecule has 0 fully saturated rings. The molecule has 2 atom stereocenters. The summed E-state index contributed by atoms with van der Waals surface area (Å²) >= 11 is 0. The van der Waals surface area contributed by atoms with Gasteiger partial charge in [0.05, 0.1) is 0 Å². The summed E-state index contributed by atoms with van der Waals surface area (Å²) in [6.07, 6.45) is 10.1. The SMILES string of the molecule is CC(C)=CCCC(C)=CCCC(C)=CC[C@@]12Oc3cc(O)cc(O)c3C(=O)[C@]1(O)Oc1cc(O)ccc12. The maximum Gasteiger partial charge on any atom is 0.318 e. The number of aromatic hydroxyl groups is 3. The second kappa shape index (κ2) is 9.98. The van der Waals surface area contributed by atoms with Crippen LogP contribution in [-0.4, -0.2) is 32.0 Å². The van der Waals surface area contributed by atoms with E-state index in [1.165, 1.54) is 29.3 Å². The number of aliphatic hydroxyl groups is 1. The van der Waals surface area contributed by atoms with Crippen molar-refractivity contribution < 1.29 is 34.7 Å². The van der Waals surface area contributed by atoms with Gasteiger partial charge in [-0.3, -0.25) is 4.79 Å². The molecule has 0 bridgehead atoms. The number of benzene rings is 2. The molecule has 0 saturated heterocycles. The predicted octanol–water partition coefficient (Wildman–Crippen LogP) is 6.16. The molecular weight excluding hydrogens is 472 g/mol. The fourth-order valence-electron chi connectivity index (χ4n) is 4.91.